The number of likely N-dealkylation sites (tertiary alicyclic amines) is 1. The van der Waals surface area contributed by atoms with Gasteiger partial charge in [-0.15, -0.1) is 0 Å². The van der Waals surface area contributed by atoms with E-state index >= 15 is 0 Å². The number of carbonyl (C=O) groups is 2. The summed E-state index contributed by atoms with van der Waals surface area (Å²) in [6.07, 6.45) is 4.30. The van der Waals surface area contributed by atoms with Crippen LogP contribution in [0.15, 0.2) is 24.3 Å². The number of nitrogens with zero attached hydrogens (tertiary/aromatic N) is 1. The highest BCUT2D eigenvalue weighted by molar-refractivity contribution is 5.95. The van der Waals surface area contributed by atoms with Crippen molar-refractivity contribution in [2.75, 3.05) is 31.6 Å². The fourth-order valence-electron chi connectivity index (χ4n) is 3.28. The molecule has 0 aliphatic carbocycles. The molecular weight excluding hydrogens is 318 g/mol. The molecule has 0 unspecified atom stereocenters. The summed E-state index contributed by atoms with van der Waals surface area (Å²) < 4.78 is 5.48. The minimum Gasteiger partial charge on any atom is -0.376 e. The van der Waals surface area contributed by atoms with Crippen molar-refractivity contribution in [1.29, 1.82) is 0 Å². The van der Waals surface area contributed by atoms with Crippen LogP contribution in [0.25, 0.3) is 0 Å². The molecule has 1 atom stereocenters. The fraction of sp³-hybridized carbons (Fsp3) is 0.579. The van der Waals surface area contributed by atoms with Crippen LogP contribution in [0.2, 0.25) is 0 Å². The molecule has 0 radical (unpaired) electrons. The van der Waals surface area contributed by atoms with Crippen molar-refractivity contribution in [3.05, 3.63) is 29.8 Å². The minimum absolute atomic E-state index is 0.0706. The molecule has 1 aromatic carbocycles. The number of urea groups is 1. The average Bonchev–Trinajstić information content (AvgIpc) is 3.14. The third-order valence-electron chi connectivity index (χ3n) is 4.97. The standard InChI is InChI=1S/C19H27N3O3/c1-14-8-10-22(11-9-14)18(23)15-4-6-16(7-5-15)21-19(24)20-13-17-3-2-12-25-17/h4-7,14,17H,2-3,8-13H2,1H3,(H2,20,21,24)/t17-/m1/s1. The smallest absolute Gasteiger partial charge is 0.319 e. The molecule has 0 bridgehead atoms. The Kier molecular flexibility index (Phi) is 5.91. The summed E-state index contributed by atoms with van der Waals surface area (Å²) in [4.78, 5) is 26.3. The average molecular weight is 345 g/mol. The lowest BCUT2D eigenvalue weighted by molar-refractivity contribution is 0.0697. The van der Waals surface area contributed by atoms with Gasteiger partial charge in [-0.1, -0.05) is 6.92 Å². The molecule has 0 saturated carbocycles. The summed E-state index contributed by atoms with van der Waals surface area (Å²) in [5, 5.41) is 5.60. The van der Waals surface area contributed by atoms with Crippen LogP contribution in [0.1, 0.15) is 43.0 Å². The molecule has 2 saturated heterocycles. The summed E-state index contributed by atoms with van der Waals surface area (Å²) >= 11 is 0. The number of amides is 3. The lowest BCUT2D eigenvalue weighted by Gasteiger charge is -2.30. The Morgan fingerprint density at radius 1 is 1.16 bits per heavy atom. The molecule has 3 rings (SSSR count). The van der Waals surface area contributed by atoms with E-state index in [0.29, 0.717) is 23.7 Å². The Morgan fingerprint density at radius 3 is 2.52 bits per heavy atom. The number of carbonyl (C=O) groups excluding carboxylic acids is 2. The zero-order valence-electron chi connectivity index (χ0n) is 14.8. The second-order valence-corrected chi connectivity index (χ2v) is 7.02. The Labute approximate surface area is 148 Å². The molecule has 6 heteroatoms. The van der Waals surface area contributed by atoms with Gasteiger partial charge in [-0.25, -0.2) is 4.79 Å². The summed E-state index contributed by atoms with van der Waals surface area (Å²) in [7, 11) is 0. The van der Waals surface area contributed by atoms with Crippen molar-refractivity contribution in [1.82, 2.24) is 10.2 Å². The number of hydrogen-bond acceptors (Lipinski definition) is 3. The van der Waals surface area contributed by atoms with Crippen LogP contribution in [0.3, 0.4) is 0 Å². The van der Waals surface area contributed by atoms with E-state index in [4.69, 9.17) is 4.74 Å². The first kappa shape index (κ1) is 17.7. The van der Waals surface area contributed by atoms with E-state index in [1.54, 1.807) is 24.3 Å². The van der Waals surface area contributed by atoms with Gasteiger partial charge in [0.25, 0.3) is 5.91 Å². The number of anilines is 1. The van der Waals surface area contributed by atoms with E-state index in [1.807, 2.05) is 4.90 Å². The van der Waals surface area contributed by atoms with Crippen molar-refractivity contribution in [3.8, 4) is 0 Å². The van der Waals surface area contributed by atoms with E-state index in [-0.39, 0.29) is 18.0 Å². The first-order valence-electron chi connectivity index (χ1n) is 9.17. The molecule has 2 heterocycles. The number of piperidine rings is 1. The summed E-state index contributed by atoms with van der Waals surface area (Å²) in [6, 6.07) is 6.84. The number of rotatable bonds is 4. The van der Waals surface area contributed by atoms with Gasteiger partial charge in [-0.05, 0) is 55.9 Å². The van der Waals surface area contributed by atoms with Crippen molar-refractivity contribution in [2.24, 2.45) is 5.92 Å². The van der Waals surface area contributed by atoms with Crippen molar-refractivity contribution >= 4 is 17.6 Å². The predicted molar refractivity (Wildman–Crippen MR) is 96.7 cm³/mol. The molecule has 2 fully saturated rings. The minimum atomic E-state index is -0.250. The number of nitrogens with one attached hydrogen (secondary N) is 2. The maximum atomic E-state index is 12.5. The Bertz CT molecular complexity index is 588. The van der Waals surface area contributed by atoms with E-state index < -0.39 is 0 Å². The SMILES string of the molecule is CC1CCN(C(=O)c2ccc(NC(=O)NC[C@H]3CCCO3)cc2)CC1. The van der Waals surface area contributed by atoms with E-state index in [2.05, 4.69) is 17.6 Å². The first-order valence-corrected chi connectivity index (χ1v) is 9.17. The third-order valence-corrected chi connectivity index (χ3v) is 4.97. The van der Waals surface area contributed by atoms with Crippen LogP contribution < -0.4 is 10.6 Å². The van der Waals surface area contributed by atoms with E-state index in [1.165, 1.54) is 0 Å². The van der Waals surface area contributed by atoms with Crippen molar-refractivity contribution in [2.45, 2.75) is 38.7 Å². The van der Waals surface area contributed by atoms with Gasteiger partial charge in [0.1, 0.15) is 0 Å². The molecule has 1 aromatic rings. The van der Waals surface area contributed by atoms with Gasteiger partial charge >= 0.3 is 6.03 Å². The Hall–Kier alpha value is -2.08. The molecule has 3 amide bonds. The van der Waals surface area contributed by atoms with Crippen LogP contribution in [-0.2, 0) is 4.74 Å². The topological polar surface area (TPSA) is 70.7 Å². The third kappa shape index (κ3) is 4.95. The highest BCUT2D eigenvalue weighted by atomic mass is 16.5. The molecule has 6 nitrogen and oxygen atoms in total. The predicted octanol–water partition coefficient (Wildman–Crippen LogP) is 2.86. The van der Waals surface area contributed by atoms with Gasteiger partial charge in [-0.3, -0.25) is 4.79 Å². The number of hydrogen-bond donors (Lipinski definition) is 2. The summed E-state index contributed by atoms with van der Waals surface area (Å²) in [5.41, 5.74) is 1.34. The Morgan fingerprint density at radius 2 is 1.88 bits per heavy atom. The molecule has 136 valence electrons. The van der Waals surface area contributed by atoms with Crippen LogP contribution in [-0.4, -0.2) is 49.2 Å². The molecule has 25 heavy (non-hydrogen) atoms. The molecule has 0 spiro atoms. The second-order valence-electron chi connectivity index (χ2n) is 7.02. The highest BCUT2D eigenvalue weighted by Crippen LogP contribution is 2.19. The van der Waals surface area contributed by atoms with E-state index in [9.17, 15) is 9.59 Å². The lowest BCUT2D eigenvalue weighted by Crippen LogP contribution is -2.37. The van der Waals surface area contributed by atoms with Crippen molar-refractivity contribution < 1.29 is 14.3 Å². The first-order chi connectivity index (χ1) is 12.1. The van der Waals surface area contributed by atoms with Crippen LogP contribution >= 0.6 is 0 Å². The van der Waals surface area contributed by atoms with Crippen molar-refractivity contribution in [3.63, 3.8) is 0 Å². The van der Waals surface area contributed by atoms with Gasteiger partial charge in [0, 0.05) is 37.5 Å². The van der Waals surface area contributed by atoms with Gasteiger partial charge in [0.2, 0.25) is 0 Å². The van der Waals surface area contributed by atoms with Gasteiger partial charge in [-0.2, -0.15) is 0 Å². The molecular formula is C19H27N3O3. The zero-order valence-corrected chi connectivity index (χ0v) is 14.8. The van der Waals surface area contributed by atoms with Gasteiger partial charge in [0.15, 0.2) is 0 Å². The molecule has 2 aliphatic heterocycles. The van der Waals surface area contributed by atoms with Crippen LogP contribution in [0.5, 0.6) is 0 Å². The quantitative estimate of drug-likeness (QED) is 0.881. The van der Waals surface area contributed by atoms with Crippen LogP contribution in [0.4, 0.5) is 10.5 Å². The van der Waals surface area contributed by atoms with Gasteiger partial charge < -0.3 is 20.3 Å². The second kappa shape index (κ2) is 8.34. The Balaban J connectivity index is 1.47. The zero-order chi connectivity index (χ0) is 17.6. The van der Waals surface area contributed by atoms with Crippen LogP contribution in [0, 0.1) is 5.92 Å². The number of ether oxygens (including phenoxy) is 1. The molecule has 0 aromatic heterocycles. The van der Waals surface area contributed by atoms with Gasteiger partial charge in [0.05, 0.1) is 6.10 Å². The summed E-state index contributed by atoms with van der Waals surface area (Å²) in [6.45, 7) is 5.18. The largest absolute Gasteiger partial charge is 0.376 e. The maximum absolute atomic E-state index is 12.5. The van der Waals surface area contributed by atoms with E-state index in [0.717, 1.165) is 45.4 Å². The number of benzene rings is 1. The molecule has 2 N–H and O–H groups in total. The molecule has 2 aliphatic rings. The fourth-order valence-corrected chi connectivity index (χ4v) is 3.28. The monoisotopic (exact) mass is 345 g/mol. The maximum Gasteiger partial charge on any atom is 0.319 e. The lowest BCUT2D eigenvalue weighted by atomic mass is 9.98. The highest BCUT2D eigenvalue weighted by Gasteiger charge is 2.21. The normalized spacial score (nSPS) is 21.2. The summed E-state index contributed by atoms with van der Waals surface area (Å²) in [5.74, 6) is 0.769.